The third-order valence-electron chi connectivity index (χ3n) is 3.30. The maximum absolute atomic E-state index is 8.86. The lowest BCUT2D eigenvalue weighted by atomic mass is 10.1. The Kier molecular flexibility index (Phi) is 2.45. The largest absolute Gasteiger partial charge is 0.367 e. The van der Waals surface area contributed by atoms with E-state index in [0.29, 0.717) is 6.42 Å². The van der Waals surface area contributed by atoms with E-state index in [1.807, 2.05) is 18.5 Å². The lowest BCUT2D eigenvalue weighted by molar-refractivity contribution is 0.534. The fraction of sp³-hybridized carbons (Fsp3) is 0.385. The van der Waals surface area contributed by atoms with Crippen LogP contribution in [-0.2, 0) is 19.4 Å². The van der Waals surface area contributed by atoms with E-state index >= 15 is 0 Å². The minimum absolute atomic E-state index is 0.416. The molecule has 4 nitrogen and oxygen atoms in total. The van der Waals surface area contributed by atoms with Crippen molar-refractivity contribution < 1.29 is 0 Å². The molecule has 0 aromatic carbocycles. The zero-order chi connectivity index (χ0) is 11.7. The summed E-state index contributed by atoms with van der Waals surface area (Å²) in [4.78, 5) is 7.70. The molecule has 1 aliphatic heterocycles. The number of rotatable bonds is 2. The standard InChI is InChI=1S/C13H14N4/c14-6-4-11-12-3-1-2-8-17(12)13(16-11)10-5-7-15-9-10/h5,7,9,15H,1-4,8H2. The summed E-state index contributed by atoms with van der Waals surface area (Å²) in [6, 6.07) is 4.24. The highest BCUT2D eigenvalue weighted by molar-refractivity contribution is 5.56. The minimum Gasteiger partial charge on any atom is -0.367 e. The third-order valence-corrected chi connectivity index (χ3v) is 3.30. The first-order chi connectivity index (χ1) is 8.40. The molecule has 17 heavy (non-hydrogen) atoms. The Morgan fingerprint density at radius 2 is 2.41 bits per heavy atom. The average Bonchev–Trinajstić information content (AvgIpc) is 2.97. The van der Waals surface area contributed by atoms with Gasteiger partial charge in [0, 0.05) is 30.2 Å². The van der Waals surface area contributed by atoms with Crippen LogP contribution in [0.2, 0.25) is 0 Å². The number of imidazole rings is 1. The normalized spacial score (nSPS) is 14.3. The second-order valence-electron chi connectivity index (χ2n) is 4.37. The molecule has 0 bridgehead atoms. The molecule has 3 rings (SSSR count). The van der Waals surface area contributed by atoms with Gasteiger partial charge in [0.05, 0.1) is 18.2 Å². The SMILES string of the molecule is N#CCc1nc(-c2cc[nH]c2)n2c1CCCC2. The number of hydrogen-bond acceptors (Lipinski definition) is 2. The van der Waals surface area contributed by atoms with Crippen LogP contribution in [-0.4, -0.2) is 14.5 Å². The summed E-state index contributed by atoms with van der Waals surface area (Å²) in [6.07, 6.45) is 7.74. The number of nitrogens with one attached hydrogen (secondary N) is 1. The van der Waals surface area contributed by atoms with Gasteiger partial charge in [-0.2, -0.15) is 5.26 Å². The monoisotopic (exact) mass is 226 g/mol. The maximum atomic E-state index is 8.86. The van der Waals surface area contributed by atoms with Crippen molar-refractivity contribution in [2.45, 2.75) is 32.2 Å². The Morgan fingerprint density at radius 1 is 1.47 bits per heavy atom. The molecular weight excluding hydrogens is 212 g/mol. The molecule has 0 atom stereocenters. The van der Waals surface area contributed by atoms with E-state index in [1.165, 1.54) is 18.5 Å². The molecule has 86 valence electrons. The predicted molar refractivity (Wildman–Crippen MR) is 64.3 cm³/mol. The third kappa shape index (κ3) is 1.64. The molecule has 0 spiro atoms. The van der Waals surface area contributed by atoms with E-state index in [2.05, 4.69) is 20.6 Å². The van der Waals surface area contributed by atoms with Crippen LogP contribution in [0.4, 0.5) is 0 Å². The van der Waals surface area contributed by atoms with E-state index in [1.54, 1.807) is 0 Å². The van der Waals surface area contributed by atoms with Gasteiger partial charge in [-0.15, -0.1) is 0 Å². The molecule has 0 fully saturated rings. The molecular formula is C13H14N4. The molecule has 0 aliphatic carbocycles. The van der Waals surface area contributed by atoms with Crippen LogP contribution in [0.1, 0.15) is 24.2 Å². The molecule has 4 heteroatoms. The van der Waals surface area contributed by atoms with Gasteiger partial charge in [0.15, 0.2) is 0 Å². The molecule has 0 saturated heterocycles. The van der Waals surface area contributed by atoms with E-state index in [0.717, 1.165) is 30.0 Å². The second-order valence-corrected chi connectivity index (χ2v) is 4.37. The van der Waals surface area contributed by atoms with Crippen molar-refractivity contribution >= 4 is 0 Å². The van der Waals surface area contributed by atoms with Gasteiger partial charge in [-0.25, -0.2) is 4.98 Å². The summed E-state index contributed by atoms with van der Waals surface area (Å²) >= 11 is 0. The fourth-order valence-electron chi connectivity index (χ4n) is 2.52. The van der Waals surface area contributed by atoms with Gasteiger partial charge in [0.25, 0.3) is 0 Å². The molecule has 0 radical (unpaired) electrons. The summed E-state index contributed by atoms with van der Waals surface area (Å²) in [5.74, 6) is 1.01. The van der Waals surface area contributed by atoms with E-state index in [-0.39, 0.29) is 0 Å². The summed E-state index contributed by atoms with van der Waals surface area (Å²) in [5, 5.41) is 8.86. The Morgan fingerprint density at radius 3 is 3.18 bits per heavy atom. The minimum atomic E-state index is 0.416. The van der Waals surface area contributed by atoms with Crippen molar-refractivity contribution in [2.75, 3.05) is 0 Å². The number of fused-ring (bicyclic) bond motifs is 1. The number of H-pyrrole nitrogens is 1. The van der Waals surface area contributed by atoms with E-state index in [4.69, 9.17) is 5.26 Å². The van der Waals surface area contributed by atoms with Crippen LogP contribution >= 0.6 is 0 Å². The van der Waals surface area contributed by atoms with Crippen LogP contribution in [0.25, 0.3) is 11.4 Å². The van der Waals surface area contributed by atoms with E-state index in [9.17, 15) is 0 Å². The molecule has 3 heterocycles. The molecule has 1 aliphatic rings. The highest BCUT2D eigenvalue weighted by atomic mass is 15.1. The number of nitriles is 1. The van der Waals surface area contributed by atoms with Crippen molar-refractivity contribution in [3.8, 4) is 17.5 Å². The summed E-state index contributed by atoms with van der Waals surface area (Å²) in [5.41, 5.74) is 3.33. The highest BCUT2D eigenvalue weighted by Gasteiger charge is 2.20. The Hall–Kier alpha value is -2.02. The zero-order valence-electron chi connectivity index (χ0n) is 9.61. The number of aromatic amines is 1. The van der Waals surface area contributed by atoms with Crippen LogP contribution in [0, 0.1) is 11.3 Å². The first kappa shape index (κ1) is 10.2. The lowest BCUT2D eigenvalue weighted by Gasteiger charge is -2.16. The Balaban J connectivity index is 2.13. The van der Waals surface area contributed by atoms with Gasteiger partial charge in [-0.1, -0.05) is 0 Å². The number of hydrogen-bond donors (Lipinski definition) is 1. The number of aromatic nitrogens is 3. The molecule has 0 saturated carbocycles. The first-order valence-electron chi connectivity index (χ1n) is 5.98. The lowest BCUT2D eigenvalue weighted by Crippen LogP contribution is -2.11. The van der Waals surface area contributed by atoms with Crippen molar-refractivity contribution in [3.05, 3.63) is 29.8 Å². The average molecular weight is 226 g/mol. The zero-order valence-corrected chi connectivity index (χ0v) is 9.61. The summed E-state index contributed by atoms with van der Waals surface area (Å²) in [6.45, 7) is 1.02. The maximum Gasteiger partial charge on any atom is 0.142 e. The van der Waals surface area contributed by atoms with Crippen molar-refractivity contribution in [1.82, 2.24) is 14.5 Å². The van der Waals surface area contributed by atoms with Crippen LogP contribution < -0.4 is 0 Å². The van der Waals surface area contributed by atoms with Gasteiger partial charge >= 0.3 is 0 Å². The topological polar surface area (TPSA) is 57.4 Å². The Bertz CT molecular complexity index is 557. The van der Waals surface area contributed by atoms with Crippen molar-refractivity contribution in [1.29, 1.82) is 5.26 Å². The summed E-state index contributed by atoms with van der Waals surface area (Å²) < 4.78 is 2.28. The molecule has 0 amide bonds. The van der Waals surface area contributed by atoms with Gasteiger partial charge in [-0.3, -0.25) is 0 Å². The van der Waals surface area contributed by atoms with Crippen molar-refractivity contribution in [2.24, 2.45) is 0 Å². The summed E-state index contributed by atoms with van der Waals surface area (Å²) in [7, 11) is 0. The molecule has 2 aromatic heterocycles. The van der Waals surface area contributed by atoms with Crippen molar-refractivity contribution in [3.63, 3.8) is 0 Å². The number of nitrogens with zero attached hydrogens (tertiary/aromatic N) is 3. The Labute approximate surface area is 99.9 Å². The second kappa shape index (κ2) is 4.10. The molecule has 0 unspecified atom stereocenters. The van der Waals surface area contributed by atoms with Gasteiger partial charge < -0.3 is 9.55 Å². The quantitative estimate of drug-likeness (QED) is 0.854. The van der Waals surface area contributed by atoms with Gasteiger partial charge in [0.2, 0.25) is 0 Å². The van der Waals surface area contributed by atoms with Gasteiger partial charge in [-0.05, 0) is 25.3 Å². The van der Waals surface area contributed by atoms with Crippen LogP contribution in [0.15, 0.2) is 18.5 Å². The molecule has 1 N–H and O–H groups in total. The van der Waals surface area contributed by atoms with E-state index < -0.39 is 0 Å². The highest BCUT2D eigenvalue weighted by Crippen LogP contribution is 2.27. The predicted octanol–water partition coefficient (Wildman–Crippen LogP) is 2.28. The first-order valence-corrected chi connectivity index (χ1v) is 5.98. The molecule has 2 aromatic rings. The van der Waals surface area contributed by atoms with Gasteiger partial charge in [0.1, 0.15) is 5.82 Å². The van der Waals surface area contributed by atoms with Crippen LogP contribution in [0.5, 0.6) is 0 Å². The van der Waals surface area contributed by atoms with Crippen LogP contribution in [0.3, 0.4) is 0 Å². The fourth-order valence-corrected chi connectivity index (χ4v) is 2.52. The smallest absolute Gasteiger partial charge is 0.142 e.